The van der Waals surface area contributed by atoms with E-state index in [0.29, 0.717) is 17.1 Å². The maximum atomic E-state index is 11.5. The minimum atomic E-state index is -0.0532. The van der Waals surface area contributed by atoms with E-state index in [4.69, 9.17) is 14.2 Å². The van der Waals surface area contributed by atoms with Gasteiger partial charge < -0.3 is 14.2 Å². The van der Waals surface area contributed by atoms with Gasteiger partial charge in [-0.1, -0.05) is 0 Å². The molecule has 0 saturated carbocycles. The van der Waals surface area contributed by atoms with Crippen molar-refractivity contribution < 1.29 is 19.0 Å². The summed E-state index contributed by atoms with van der Waals surface area (Å²) in [5.41, 5.74) is 1.32. The molecule has 4 nitrogen and oxygen atoms in total. The first-order valence-corrected chi connectivity index (χ1v) is 4.92. The Balaban J connectivity index is 3.18. The van der Waals surface area contributed by atoms with E-state index in [2.05, 4.69) is 0 Å². The molecule has 0 aliphatic heterocycles. The summed E-state index contributed by atoms with van der Waals surface area (Å²) >= 11 is 0. The number of carbonyl (C=O) groups is 1. The third kappa shape index (κ3) is 2.52. The zero-order valence-electron chi connectivity index (χ0n) is 9.99. The Labute approximate surface area is 95.1 Å². The lowest BCUT2D eigenvalue weighted by molar-refractivity contribution is 0.0502. The molecule has 0 saturated heterocycles. The van der Waals surface area contributed by atoms with Crippen LogP contribution < -0.4 is 9.47 Å². The molecule has 4 heteroatoms. The SMILES string of the molecule is COCOc1ccc(OC)c(C)c1C(C)=O. The van der Waals surface area contributed by atoms with Gasteiger partial charge in [0.1, 0.15) is 11.5 Å². The first-order chi connectivity index (χ1) is 7.61. The quantitative estimate of drug-likeness (QED) is 0.568. The summed E-state index contributed by atoms with van der Waals surface area (Å²) in [5, 5.41) is 0. The summed E-state index contributed by atoms with van der Waals surface area (Å²) in [6.45, 7) is 3.45. The van der Waals surface area contributed by atoms with Gasteiger partial charge in [-0.25, -0.2) is 0 Å². The molecule has 0 unspecified atom stereocenters. The number of ether oxygens (including phenoxy) is 3. The van der Waals surface area contributed by atoms with Gasteiger partial charge in [-0.2, -0.15) is 0 Å². The highest BCUT2D eigenvalue weighted by atomic mass is 16.7. The smallest absolute Gasteiger partial charge is 0.188 e. The molecular weight excluding hydrogens is 208 g/mol. The Morgan fingerprint density at radius 3 is 2.38 bits per heavy atom. The van der Waals surface area contributed by atoms with E-state index in [0.717, 1.165) is 5.56 Å². The maximum Gasteiger partial charge on any atom is 0.188 e. The Bertz CT molecular complexity index is 385. The van der Waals surface area contributed by atoms with Gasteiger partial charge in [0, 0.05) is 12.7 Å². The molecule has 0 spiro atoms. The molecule has 0 N–H and O–H groups in total. The normalized spacial score (nSPS) is 10.0. The second-order valence-corrected chi connectivity index (χ2v) is 3.37. The van der Waals surface area contributed by atoms with Gasteiger partial charge in [-0.05, 0) is 26.0 Å². The van der Waals surface area contributed by atoms with Crippen LogP contribution in [0, 0.1) is 6.92 Å². The second kappa shape index (κ2) is 5.51. The average molecular weight is 224 g/mol. The van der Waals surface area contributed by atoms with E-state index in [1.54, 1.807) is 19.2 Å². The molecule has 0 radical (unpaired) electrons. The fraction of sp³-hybridized carbons (Fsp3) is 0.417. The number of rotatable bonds is 5. The van der Waals surface area contributed by atoms with Crippen LogP contribution in [0.2, 0.25) is 0 Å². The molecular formula is C12H16O4. The minimum Gasteiger partial charge on any atom is -0.496 e. The van der Waals surface area contributed by atoms with Crippen molar-refractivity contribution in [3.63, 3.8) is 0 Å². The summed E-state index contributed by atoms with van der Waals surface area (Å²) in [6, 6.07) is 3.48. The van der Waals surface area contributed by atoms with E-state index in [1.807, 2.05) is 6.92 Å². The zero-order chi connectivity index (χ0) is 12.1. The van der Waals surface area contributed by atoms with Gasteiger partial charge in [-0.15, -0.1) is 0 Å². The zero-order valence-corrected chi connectivity index (χ0v) is 9.99. The number of methoxy groups -OCH3 is 2. The van der Waals surface area contributed by atoms with Crippen molar-refractivity contribution in [3.8, 4) is 11.5 Å². The number of benzene rings is 1. The van der Waals surface area contributed by atoms with Crippen LogP contribution in [-0.2, 0) is 4.74 Å². The van der Waals surface area contributed by atoms with Crippen LogP contribution in [0.4, 0.5) is 0 Å². The lowest BCUT2D eigenvalue weighted by Crippen LogP contribution is -2.06. The fourth-order valence-electron chi connectivity index (χ4n) is 1.57. The van der Waals surface area contributed by atoms with Crippen LogP contribution in [-0.4, -0.2) is 26.8 Å². The highest BCUT2D eigenvalue weighted by Gasteiger charge is 2.15. The predicted molar refractivity (Wildman–Crippen MR) is 60.2 cm³/mol. The predicted octanol–water partition coefficient (Wildman–Crippen LogP) is 2.19. The van der Waals surface area contributed by atoms with Crippen LogP contribution in [0.5, 0.6) is 11.5 Å². The van der Waals surface area contributed by atoms with Crippen LogP contribution >= 0.6 is 0 Å². The highest BCUT2D eigenvalue weighted by molar-refractivity contribution is 5.98. The third-order valence-electron chi connectivity index (χ3n) is 2.28. The topological polar surface area (TPSA) is 44.8 Å². The Kier molecular flexibility index (Phi) is 4.31. The van der Waals surface area contributed by atoms with E-state index in [9.17, 15) is 4.79 Å². The standard InChI is InChI=1S/C12H16O4/c1-8-10(15-4)5-6-11(16-7-14-3)12(8)9(2)13/h5-6H,7H2,1-4H3. The molecule has 1 aromatic rings. The summed E-state index contributed by atoms with van der Waals surface area (Å²) < 4.78 is 15.3. The lowest BCUT2D eigenvalue weighted by atomic mass is 10.0. The van der Waals surface area contributed by atoms with Crippen molar-refractivity contribution in [1.82, 2.24) is 0 Å². The number of ketones is 1. The van der Waals surface area contributed by atoms with Crippen LogP contribution in [0.25, 0.3) is 0 Å². The Morgan fingerprint density at radius 1 is 1.25 bits per heavy atom. The Hall–Kier alpha value is -1.55. The first kappa shape index (κ1) is 12.5. The third-order valence-corrected chi connectivity index (χ3v) is 2.28. The average Bonchev–Trinajstić information content (AvgIpc) is 2.25. The molecule has 0 aliphatic rings. The van der Waals surface area contributed by atoms with E-state index < -0.39 is 0 Å². The van der Waals surface area contributed by atoms with Gasteiger partial charge in [0.25, 0.3) is 0 Å². The summed E-state index contributed by atoms with van der Waals surface area (Å²) in [7, 11) is 3.10. The number of Topliss-reactive ketones (excluding diaryl/α,β-unsaturated/α-hetero) is 1. The summed E-state index contributed by atoms with van der Waals surface area (Å²) in [5.74, 6) is 1.14. The number of carbonyl (C=O) groups excluding carboxylic acids is 1. The first-order valence-electron chi connectivity index (χ1n) is 4.92. The molecule has 88 valence electrons. The molecule has 0 bridgehead atoms. The van der Waals surface area contributed by atoms with Crippen molar-refractivity contribution in [2.75, 3.05) is 21.0 Å². The lowest BCUT2D eigenvalue weighted by Gasteiger charge is -2.13. The highest BCUT2D eigenvalue weighted by Crippen LogP contribution is 2.30. The van der Waals surface area contributed by atoms with Crippen molar-refractivity contribution >= 4 is 5.78 Å². The van der Waals surface area contributed by atoms with E-state index >= 15 is 0 Å². The van der Waals surface area contributed by atoms with Crippen molar-refractivity contribution in [2.45, 2.75) is 13.8 Å². The van der Waals surface area contributed by atoms with Gasteiger partial charge in [0.2, 0.25) is 0 Å². The van der Waals surface area contributed by atoms with E-state index in [1.165, 1.54) is 14.0 Å². The fourth-order valence-corrected chi connectivity index (χ4v) is 1.57. The monoisotopic (exact) mass is 224 g/mol. The largest absolute Gasteiger partial charge is 0.496 e. The van der Waals surface area contributed by atoms with Crippen LogP contribution in [0.15, 0.2) is 12.1 Å². The van der Waals surface area contributed by atoms with Crippen LogP contribution in [0.1, 0.15) is 22.8 Å². The summed E-state index contributed by atoms with van der Waals surface area (Å²) in [4.78, 5) is 11.5. The molecule has 1 rings (SSSR count). The van der Waals surface area contributed by atoms with Gasteiger partial charge >= 0.3 is 0 Å². The maximum absolute atomic E-state index is 11.5. The molecule has 1 aromatic carbocycles. The van der Waals surface area contributed by atoms with Gasteiger partial charge in [-0.3, -0.25) is 4.79 Å². The molecule has 0 heterocycles. The molecule has 0 fully saturated rings. The van der Waals surface area contributed by atoms with Crippen molar-refractivity contribution in [3.05, 3.63) is 23.3 Å². The van der Waals surface area contributed by atoms with Gasteiger partial charge in [0.05, 0.1) is 12.7 Å². The van der Waals surface area contributed by atoms with E-state index in [-0.39, 0.29) is 12.6 Å². The minimum absolute atomic E-state index is 0.0532. The second-order valence-electron chi connectivity index (χ2n) is 3.37. The molecule has 0 aliphatic carbocycles. The van der Waals surface area contributed by atoms with Crippen molar-refractivity contribution in [1.29, 1.82) is 0 Å². The molecule has 0 atom stereocenters. The number of hydrogen-bond donors (Lipinski definition) is 0. The van der Waals surface area contributed by atoms with Crippen molar-refractivity contribution in [2.24, 2.45) is 0 Å². The number of hydrogen-bond acceptors (Lipinski definition) is 4. The molecule has 16 heavy (non-hydrogen) atoms. The Morgan fingerprint density at radius 2 is 1.88 bits per heavy atom. The molecule has 0 aromatic heterocycles. The van der Waals surface area contributed by atoms with Crippen LogP contribution in [0.3, 0.4) is 0 Å². The molecule has 0 amide bonds. The van der Waals surface area contributed by atoms with Gasteiger partial charge in [0.15, 0.2) is 12.6 Å². The summed E-state index contributed by atoms with van der Waals surface area (Å²) in [6.07, 6.45) is 0.